The highest BCUT2D eigenvalue weighted by Gasteiger charge is 2.67. The first kappa shape index (κ1) is 54.9. The Morgan fingerprint density at radius 1 is 0.833 bits per heavy atom. The highest BCUT2D eigenvalue weighted by molar-refractivity contribution is 7.99. The summed E-state index contributed by atoms with van der Waals surface area (Å²) >= 11 is 1.83. The molecule has 0 saturated heterocycles. The van der Waals surface area contributed by atoms with Crippen LogP contribution >= 0.6 is 11.8 Å². The summed E-state index contributed by atoms with van der Waals surface area (Å²) in [6.07, 6.45) is 4.17. The van der Waals surface area contributed by atoms with Crippen LogP contribution in [-0.4, -0.2) is 111 Å². The number of nitro groups is 2. The minimum atomic E-state index is -2.59. The zero-order valence-corrected chi connectivity index (χ0v) is 44.5. The molecule has 0 aromatic heterocycles. The van der Waals surface area contributed by atoms with Gasteiger partial charge in [-0.15, -0.1) is 0 Å². The van der Waals surface area contributed by atoms with Gasteiger partial charge < -0.3 is 32.8 Å². The van der Waals surface area contributed by atoms with E-state index in [1.165, 1.54) is 0 Å². The third-order valence-corrected chi connectivity index (χ3v) is 21.3. The fourth-order valence-corrected chi connectivity index (χ4v) is 16.3. The normalized spacial score (nSPS) is 28.2. The minimum absolute atomic E-state index is 0.0115. The van der Waals surface area contributed by atoms with E-state index in [0.29, 0.717) is 50.8 Å². The molecule has 0 radical (unpaired) electrons. The topological polar surface area (TPSA) is 231 Å². The van der Waals surface area contributed by atoms with E-state index < -0.39 is 59.8 Å². The third-order valence-electron chi connectivity index (χ3n) is 17.3. The fourth-order valence-electron chi connectivity index (χ4n) is 13.4. The van der Waals surface area contributed by atoms with E-state index in [-0.39, 0.29) is 58.6 Å². The Hall–Kier alpha value is -4.86. The molecule has 4 saturated carbocycles. The van der Waals surface area contributed by atoms with Gasteiger partial charge in [0.2, 0.25) is 5.91 Å². The summed E-state index contributed by atoms with van der Waals surface area (Å²) in [6, 6.07) is 17.3. The first-order valence-corrected chi connectivity index (χ1v) is 28.5. The third kappa shape index (κ3) is 12.0. The number of carbonyl (C=O) groups is 3. The summed E-state index contributed by atoms with van der Waals surface area (Å²) in [5, 5.41) is 43.3. The van der Waals surface area contributed by atoms with E-state index in [4.69, 9.17) is 22.8 Å². The van der Waals surface area contributed by atoms with Gasteiger partial charge in [-0.05, 0) is 140 Å². The molecule has 0 bridgehead atoms. The molecule has 11 atom stereocenters. The van der Waals surface area contributed by atoms with Gasteiger partial charge in [0.05, 0.1) is 27.7 Å². The van der Waals surface area contributed by atoms with E-state index in [1.54, 1.807) is 26.2 Å². The highest BCUT2D eigenvalue weighted by Crippen LogP contribution is 2.69. The molecule has 18 nitrogen and oxygen atoms in total. The molecule has 7 rings (SSSR count). The molecule has 4 aliphatic carbocycles. The lowest BCUT2D eigenvalue weighted by Crippen LogP contribution is -2.63. The summed E-state index contributed by atoms with van der Waals surface area (Å²) in [7, 11) is 4.11. The van der Waals surface area contributed by atoms with Crippen molar-refractivity contribution in [2.24, 2.45) is 46.3 Å². The lowest BCUT2D eigenvalue weighted by molar-refractivity contribution is -0.394. The average molecular weight is 1040 g/mol. The molecule has 3 aromatic carbocycles. The molecular formula is C52H73N5O13SSi. The molecule has 0 spiro atoms. The summed E-state index contributed by atoms with van der Waals surface area (Å²) in [5.41, 5.74) is -1.51. The molecule has 4 aliphatic rings. The average Bonchev–Trinajstić information content (AvgIpc) is 3.72. The van der Waals surface area contributed by atoms with E-state index >= 15 is 0 Å². The van der Waals surface area contributed by atoms with Crippen LogP contribution in [0.25, 0.3) is 10.8 Å². The number of nitro benzene ring substituents is 2. The number of benzene rings is 3. The number of aliphatic hydroxyl groups is 1. The van der Waals surface area contributed by atoms with Crippen LogP contribution in [0.2, 0.25) is 6.04 Å². The second-order valence-corrected chi connectivity index (χ2v) is 25.4. The van der Waals surface area contributed by atoms with Crippen LogP contribution in [0.5, 0.6) is 0 Å². The van der Waals surface area contributed by atoms with Crippen LogP contribution in [0.3, 0.4) is 0 Å². The maximum atomic E-state index is 14.1. The molecular weight excluding hydrogens is 963 g/mol. The predicted molar refractivity (Wildman–Crippen MR) is 278 cm³/mol. The fraction of sp³-hybridized carbons (Fsp3) is 0.635. The SMILES string of the molecule is CO[Si](CCCSCCCN(C)C(=O)CC[C@@H](C)[C@H]1CC[C@H]2[C@@H]3[C@H](O)CC4C[C@H](OC(=O)Nc5ccc6ccccc6c5)CC[C@]4(C)[C@H]3C[C@H](OC(=O)Nc3cc([N+](=O)[O-])cc([N+](=O)[O-])c3)[C@]12C)(OC)OC. The number of amides is 3. The van der Waals surface area contributed by atoms with Crippen molar-refractivity contribution in [3.63, 3.8) is 0 Å². The van der Waals surface area contributed by atoms with Gasteiger partial charge in [-0.2, -0.15) is 11.8 Å². The summed E-state index contributed by atoms with van der Waals surface area (Å²) in [6.45, 7) is 7.23. The Morgan fingerprint density at radius 2 is 1.49 bits per heavy atom. The number of carbonyl (C=O) groups excluding carboxylic acids is 3. The lowest BCUT2D eigenvalue weighted by atomic mass is 9.43. The Morgan fingerprint density at radius 3 is 2.17 bits per heavy atom. The first-order chi connectivity index (χ1) is 34.3. The lowest BCUT2D eigenvalue weighted by Gasteiger charge is -2.63. The van der Waals surface area contributed by atoms with E-state index in [9.17, 15) is 39.7 Å². The van der Waals surface area contributed by atoms with Crippen molar-refractivity contribution < 1.29 is 52.1 Å². The zero-order chi connectivity index (χ0) is 52.0. The molecule has 0 heterocycles. The number of nitrogens with one attached hydrogen (secondary N) is 2. The molecule has 20 heteroatoms. The maximum Gasteiger partial charge on any atom is 0.500 e. The van der Waals surface area contributed by atoms with Crippen LogP contribution in [0, 0.1) is 66.6 Å². The van der Waals surface area contributed by atoms with Crippen molar-refractivity contribution in [3.05, 3.63) is 80.9 Å². The van der Waals surface area contributed by atoms with Crippen LogP contribution in [-0.2, 0) is 27.5 Å². The number of aliphatic hydroxyl groups excluding tert-OH is 1. The van der Waals surface area contributed by atoms with E-state index in [2.05, 4.69) is 31.4 Å². The van der Waals surface area contributed by atoms with Gasteiger partial charge in [0.15, 0.2) is 0 Å². The second kappa shape index (κ2) is 23.6. The van der Waals surface area contributed by atoms with Crippen LogP contribution in [0.4, 0.5) is 32.3 Å². The number of fused-ring (bicyclic) bond motifs is 6. The molecule has 0 aliphatic heterocycles. The van der Waals surface area contributed by atoms with Gasteiger partial charge >= 0.3 is 21.0 Å². The van der Waals surface area contributed by atoms with Crippen molar-refractivity contribution >= 4 is 72.2 Å². The Bertz CT molecular complexity index is 2390. The molecule has 3 N–H and O–H groups in total. The molecule has 1 unspecified atom stereocenters. The number of nitrogens with zero attached hydrogens (tertiary/aromatic N) is 3. The van der Waals surface area contributed by atoms with Gasteiger partial charge in [-0.1, -0.05) is 51.1 Å². The summed E-state index contributed by atoms with van der Waals surface area (Å²) in [4.78, 5) is 64.7. The highest BCUT2D eigenvalue weighted by atomic mass is 32.2. The monoisotopic (exact) mass is 1040 g/mol. The van der Waals surface area contributed by atoms with Gasteiger partial charge in [-0.25, -0.2) is 9.59 Å². The number of anilines is 2. The van der Waals surface area contributed by atoms with Crippen molar-refractivity contribution in [3.8, 4) is 0 Å². The smallest absolute Gasteiger partial charge is 0.446 e. The zero-order valence-electron chi connectivity index (χ0n) is 42.7. The van der Waals surface area contributed by atoms with Crippen molar-refractivity contribution in [1.29, 1.82) is 0 Å². The summed E-state index contributed by atoms with van der Waals surface area (Å²) < 4.78 is 29.1. The molecule has 4 fully saturated rings. The number of non-ortho nitro benzene ring substituents is 2. The van der Waals surface area contributed by atoms with Gasteiger partial charge in [0.25, 0.3) is 11.4 Å². The second-order valence-electron chi connectivity index (χ2n) is 21.0. The first-order valence-electron chi connectivity index (χ1n) is 25.4. The standard InChI is InChI=1S/C52H73N5O13SSi/c1-33(14-19-47(59)55(4)22-10-23-71-24-11-25-72(66-5,67-6)68-7)42-17-18-43-48-44(32-46(52(42,43)3)70-50(61)54-38-29-39(56(62)63)31-40(30-38)57(64)65)51(2)21-20-41(27-36(51)28-45(48)58)69-49(60)53-37-16-15-34-12-8-9-13-35(34)26-37/h8-9,12-13,15-16,26,29-31,33,36,41-46,48,58H,10-11,14,17-25,27-28,32H2,1-7H3,(H,53,60)(H,54,61)/t33-,36?,41-,42-,43+,44+,45-,46+,48+,51+,52-/m1/s1. The minimum Gasteiger partial charge on any atom is -0.446 e. The number of rotatable bonds is 21. The van der Waals surface area contributed by atoms with Crippen LogP contribution < -0.4 is 10.6 Å². The van der Waals surface area contributed by atoms with Gasteiger partial charge in [-0.3, -0.25) is 35.7 Å². The number of thioether (sulfide) groups is 1. The van der Waals surface area contributed by atoms with E-state index in [1.807, 2.05) is 61.3 Å². The molecule has 3 aromatic rings. The van der Waals surface area contributed by atoms with Crippen LogP contribution in [0.15, 0.2) is 60.7 Å². The van der Waals surface area contributed by atoms with Crippen molar-refractivity contribution in [2.75, 3.05) is 57.1 Å². The Kier molecular flexibility index (Phi) is 18.0. The molecule has 3 amide bonds. The largest absolute Gasteiger partial charge is 0.500 e. The maximum absolute atomic E-state index is 14.1. The quantitative estimate of drug-likeness (QED) is 0.0390. The van der Waals surface area contributed by atoms with Gasteiger partial charge in [0, 0.05) is 70.6 Å². The Labute approximate surface area is 427 Å². The number of hydrogen-bond donors (Lipinski definition) is 3. The van der Waals surface area contributed by atoms with Crippen molar-refractivity contribution in [2.45, 2.75) is 116 Å². The predicted octanol–water partition coefficient (Wildman–Crippen LogP) is 10.7. The molecule has 72 heavy (non-hydrogen) atoms. The van der Waals surface area contributed by atoms with E-state index in [0.717, 1.165) is 78.6 Å². The number of ether oxygens (including phenoxy) is 2. The Balaban J connectivity index is 1.03. The van der Waals surface area contributed by atoms with Crippen molar-refractivity contribution in [1.82, 2.24) is 4.90 Å². The number of hydrogen-bond acceptors (Lipinski definition) is 14. The summed E-state index contributed by atoms with van der Waals surface area (Å²) in [5.74, 6) is 1.80. The molecule has 394 valence electrons. The van der Waals surface area contributed by atoms with Gasteiger partial charge in [0.1, 0.15) is 12.2 Å². The van der Waals surface area contributed by atoms with Crippen LogP contribution in [0.1, 0.15) is 91.4 Å².